The second kappa shape index (κ2) is 5.53. The first-order chi connectivity index (χ1) is 6.65. The summed E-state index contributed by atoms with van der Waals surface area (Å²) < 4.78 is 18.1. The number of benzene rings is 1. The molecule has 5 heteroatoms. The van der Waals surface area contributed by atoms with Gasteiger partial charge in [0, 0.05) is 5.33 Å². The highest BCUT2D eigenvalue weighted by Gasteiger charge is 2.10. The first-order valence-electron chi connectivity index (χ1n) is 3.96. The highest BCUT2D eigenvalue weighted by molar-refractivity contribution is 9.09. The number of hydrogen-bond acceptors (Lipinski definition) is 2. The van der Waals surface area contributed by atoms with Crippen LogP contribution in [0.5, 0.6) is 5.75 Å². The molecule has 0 heterocycles. The predicted molar refractivity (Wildman–Crippen MR) is 56.7 cm³/mol. The fourth-order valence-corrected chi connectivity index (χ4v) is 1.25. The molecule has 0 fully saturated rings. The van der Waals surface area contributed by atoms with Crippen LogP contribution >= 0.6 is 27.5 Å². The van der Waals surface area contributed by atoms with Crippen molar-refractivity contribution in [2.75, 3.05) is 11.9 Å². The first kappa shape index (κ1) is 11.8. The van der Waals surface area contributed by atoms with E-state index in [1.165, 1.54) is 18.2 Å². The summed E-state index contributed by atoms with van der Waals surface area (Å²) in [7, 11) is 0. The van der Waals surface area contributed by atoms with Crippen LogP contribution in [0.1, 0.15) is 0 Å². The summed E-state index contributed by atoms with van der Waals surface area (Å²) in [6.07, 6.45) is -0.675. The number of rotatable bonds is 4. The third kappa shape index (κ3) is 3.12. The lowest BCUT2D eigenvalue weighted by molar-refractivity contribution is 0.124. The fourth-order valence-electron chi connectivity index (χ4n) is 0.844. The van der Waals surface area contributed by atoms with Crippen LogP contribution in [0.2, 0.25) is 5.02 Å². The summed E-state index contributed by atoms with van der Waals surface area (Å²) in [5.41, 5.74) is 0. The second-order valence-electron chi connectivity index (χ2n) is 2.67. The maximum atomic E-state index is 13.1. The molecule has 0 saturated carbocycles. The Morgan fingerprint density at radius 1 is 1.57 bits per heavy atom. The molecule has 0 aliphatic heterocycles. The van der Waals surface area contributed by atoms with Crippen molar-refractivity contribution in [1.29, 1.82) is 0 Å². The van der Waals surface area contributed by atoms with Crippen LogP contribution in [0.15, 0.2) is 18.2 Å². The summed E-state index contributed by atoms with van der Waals surface area (Å²) in [6, 6.07) is 4.27. The third-order valence-electron chi connectivity index (χ3n) is 1.52. The molecule has 2 nitrogen and oxygen atoms in total. The number of aliphatic hydroxyl groups is 1. The van der Waals surface area contributed by atoms with Gasteiger partial charge in [-0.3, -0.25) is 0 Å². The van der Waals surface area contributed by atoms with Crippen molar-refractivity contribution in [3.63, 3.8) is 0 Å². The van der Waals surface area contributed by atoms with Gasteiger partial charge < -0.3 is 9.84 Å². The van der Waals surface area contributed by atoms with E-state index in [1.807, 2.05) is 0 Å². The molecule has 1 rings (SSSR count). The Kier molecular flexibility index (Phi) is 4.65. The number of halogens is 3. The van der Waals surface area contributed by atoms with Gasteiger partial charge >= 0.3 is 0 Å². The summed E-state index contributed by atoms with van der Waals surface area (Å²) >= 11 is 8.77. The van der Waals surface area contributed by atoms with Gasteiger partial charge in [0.15, 0.2) is 11.6 Å². The zero-order chi connectivity index (χ0) is 10.6. The molecule has 1 aromatic carbocycles. The van der Waals surface area contributed by atoms with Gasteiger partial charge in [0.1, 0.15) is 6.61 Å². The summed E-state index contributed by atoms with van der Waals surface area (Å²) in [5, 5.41) is 9.74. The highest BCUT2D eigenvalue weighted by atomic mass is 79.9. The van der Waals surface area contributed by atoms with Gasteiger partial charge in [-0.25, -0.2) is 4.39 Å². The van der Waals surface area contributed by atoms with Gasteiger partial charge in [-0.2, -0.15) is 0 Å². The zero-order valence-corrected chi connectivity index (χ0v) is 9.55. The van der Waals surface area contributed by atoms with Gasteiger partial charge in [-0.15, -0.1) is 0 Å². The van der Waals surface area contributed by atoms with Crippen LogP contribution in [0, 0.1) is 5.82 Å². The molecular formula is C9H9BrClFO2. The van der Waals surface area contributed by atoms with E-state index in [2.05, 4.69) is 15.9 Å². The highest BCUT2D eigenvalue weighted by Crippen LogP contribution is 2.27. The summed E-state index contributed by atoms with van der Waals surface area (Å²) in [5.74, 6) is -0.548. The van der Waals surface area contributed by atoms with Crippen molar-refractivity contribution >= 4 is 27.5 Å². The predicted octanol–water partition coefficient (Wildman–Crippen LogP) is 2.61. The molecular weight excluding hydrogens is 274 g/mol. The third-order valence-corrected chi connectivity index (χ3v) is 2.56. The maximum Gasteiger partial charge on any atom is 0.173 e. The van der Waals surface area contributed by atoms with Crippen molar-refractivity contribution < 1.29 is 14.2 Å². The second-order valence-corrected chi connectivity index (χ2v) is 3.72. The SMILES string of the molecule is OC(CBr)COc1c(F)cccc1Cl. The molecule has 14 heavy (non-hydrogen) atoms. The minimum Gasteiger partial charge on any atom is -0.486 e. The largest absolute Gasteiger partial charge is 0.486 e. The molecule has 0 aliphatic carbocycles. The van der Waals surface area contributed by atoms with E-state index in [1.54, 1.807) is 0 Å². The standard InChI is InChI=1S/C9H9BrClFO2/c10-4-6(13)5-14-9-7(11)2-1-3-8(9)12/h1-3,6,13H,4-5H2. The van der Waals surface area contributed by atoms with E-state index in [4.69, 9.17) is 21.4 Å². The van der Waals surface area contributed by atoms with Crippen LogP contribution < -0.4 is 4.74 Å². The van der Waals surface area contributed by atoms with E-state index < -0.39 is 11.9 Å². The van der Waals surface area contributed by atoms with Gasteiger partial charge in [-0.05, 0) is 12.1 Å². The number of ether oxygens (including phenoxy) is 1. The van der Waals surface area contributed by atoms with Gasteiger partial charge in [0.25, 0.3) is 0 Å². The lowest BCUT2D eigenvalue weighted by atomic mass is 10.3. The normalized spacial score (nSPS) is 12.6. The Morgan fingerprint density at radius 2 is 2.29 bits per heavy atom. The van der Waals surface area contributed by atoms with Crippen molar-refractivity contribution in [2.45, 2.75) is 6.10 Å². The smallest absolute Gasteiger partial charge is 0.173 e. The molecule has 1 N–H and O–H groups in total. The fraction of sp³-hybridized carbons (Fsp3) is 0.333. The Labute approximate surface area is 94.8 Å². The summed E-state index contributed by atoms with van der Waals surface area (Å²) in [6.45, 7) is 0.00586. The molecule has 1 atom stereocenters. The molecule has 0 amide bonds. The monoisotopic (exact) mass is 282 g/mol. The number of para-hydroxylation sites is 1. The van der Waals surface area contributed by atoms with Crippen LogP contribution in [0.25, 0.3) is 0 Å². The average molecular weight is 284 g/mol. The number of alkyl halides is 1. The van der Waals surface area contributed by atoms with E-state index in [0.717, 1.165) is 0 Å². The Morgan fingerprint density at radius 3 is 2.86 bits per heavy atom. The lowest BCUT2D eigenvalue weighted by Gasteiger charge is -2.11. The zero-order valence-electron chi connectivity index (χ0n) is 7.21. The molecule has 78 valence electrons. The summed E-state index contributed by atoms with van der Waals surface area (Å²) in [4.78, 5) is 0. The molecule has 0 radical (unpaired) electrons. The Bertz CT molecular complexity index is 289. The van der Waals surface area contributed by atoms with Crippen LogP contribution in [0.4, 0.5) is 4.39 Å². The Hall–Kier alpha value is -0.320. The Balaban J connectivity index is 2.66. The molecule has 0 aliphatic rings. The van der Waals surface area contributed by atoms with Crippen LogP contribution in [-0.4, -0.2) is 23.1 Å². The average Bonchev–Trinajstić information content (AvgIpc) is 2.16. The molecule has 1 aromatic rings. The van der Waals surface area contributed by atoms with Gasteiger partial charge in [-0.1, -0.05) is 33.6 Å². The minimum atomic E-state index is -0.675. The first-order valence-corrected chi connectivity index (χ1v) is 5.46. The number of aliphatic hydroxyl groups excluding tert-OH is 1. The van der Waals surface area contributed by atoms with E-state index in [-0.39, 0.29) is 17.4 Å². The van der Waals surface area contributed by atoms with Gasteiger partial charge in [0.05, 0.1) is 11.1 Å². The van der Waals surface area contributed by atoms with E-state index >= 15 is 0 Å². The van der Waals surface area contributed by atoms with Crippen molar-refractivity contribution in [3.05, 3.63) is 29.0 Å². The lowest BCUT2D eigenvalue weighted by Crippen LogP contribution is -2.19. The maximum absolute atomic E-state index is 13.1. The molecule has 0 bridgehead atoms. The number of hydrogen-bond donors (Lipinski definition) is 1. The molecule has 0 spiro atoms. The molecule has 0 saturated heterocycles. The van der Waals surface area contributed by atoms with E-state index in [9.17, 15) is 4.39 Å². The van der Waals surface area contributed by atoms with E-state index in [0.29, 0.717) is 5.33 Å². The van der Waals surface area contributed by atoms with Crippen molar-refractivity contribution in [2.24, 2.45) is 0 Å². The topological polar surface area (TPSA) is 29.5 Å². The van der Waals surface area contributed by atoms with Gasteiger partial charge in [0.2, 0.25) is 0 Å². The quantitative estimate of drug-likeness (QED) is 0.861. The molecule has 1 unspecified atom stereocenters. The van der Waals surface area contributed by atoms with Crippen molar-refractivity contribution in [3.8, 4) is 5.75 Å². The van der Waals surface area contributed by atoms with Crippen LogP contribution in [0.3, 0.4) is 0 Å². The van der Waals surface area contributed by atoms with Crippen molar-refractivity contribution in [1.82, 2.24) is 0 Å². The minimum absolute atomic E-state index is 0.00586. The molecule has 0 aromatic heterocycles. The van der Waals surface area contributed by atoms with Crippen LogP contribution in [-0.2, 0) is 0 Å².